The Morgan fingerprint density at radius 3 is 1.67 bits per heavy atom. The van der Waals surface area contributed by atoms with Gasteiger partial charge in [-0.15, -0.1) is 0 Å². The molecule has 0 saturated heterocycles. The Balaban J connectivity index is 4.27. The van der Waals surface area contributed by atoms with Crippen molar-refractivity contribution in [2.45, 2.75) is 168 Å². The largest absolute Gasteiger partial charge is 0.481 e. The van der Waals surface area contributed by atoms with Gasteiger partial charge in [-0.25, -0.2) is 0 Å². The minimum atomic E-state index is -0.720. The average Bonchev–Trinajstić information content (AvgIpc) is 2.97. The Kier molecular flexibility index (Phi) is 31.3. The summed E-state index contributed by atoms with van der Waals surface area (Å²) in [4.78, 5) is 23.2. The van der Waals surface area contributed by atoms with Crippen LogP contribution < -0.4 is 0 Å². The van der Waals surface area contributed by atoms with E-state index in [1.54, 1.807) is 0 Å². The first-order valence-corrected chi connectivity index (χ1v) is 17.3. The molecule has 1 unspecified atom stereocenters. The van der Waals surface area contributed by atoms with E-state index in [2.05, 4.69) is 74.6 Å². The first kappa shape index (κ1) is 39.6. The van der Waals surface area contributed by atoms with Gasteiger partial charge in [0, 0.05) is 12.8 Å². The molecule has 0 amide bonds. The smallest absolute Gasteiger partial charge is 0.306 e. The molecule has 0 fully saturated rings. The van der Waals surface area contributed by atoms with Crippen LogP contribution in [0.25, 0.3) is 0 Å². The number of aliphatic carboxylic acids is 1. The van der Waals surface area contributed by atoms with Gasteiger partial charge in [-0.05, 0) is 83.1 Å². The Bertz CT molecular complexity index is 759. The molecule has 0 saturated carbocycles. The van der Waals surface area contributed by atoms with E-state index in [4.69, 9.17) is 9.84 Å². The number of hydrogen-bond donors (Lipinski definition) is 1. The van der Waals surface area contributed by atoms with Gasteiger partial charge >= 0.3 is 11.9 Å². The molecule has 42 heavy (non-hydrogen) atoms. The lowest BCUT2D eigenvalue weighted by molar-refractivity contribution is -0.147. The average molecular weight is 585 g/mol. The van der Waals surface area contributed by atoms with Gasteiger partial charge in [0.05, 0.1) is 0 Å². The number of allylic oxidation sites excluding steroid dienone is 9. The number of unbranched alkanes of at least 4 members (excludes halogenated alkanes) is 13. The highest BCUT2D eigenvalue weighted by atomic mass is 16.5. The molecule has 4 heteroatoms. The van der Waals surface area contributed by atoms with Crippen LogP contribution in [0.5, 0.6) is 0 Å². The maximum atomic E-state index is 12.5. The Morgan fingerprint density at radius 1 is 0.571 bits per heavy atom. The van der Waals surface area contributed by atoms with Crippen molar-refractivity contribution in [2.24, 2.45) is 0 Å². The highest BCUT2D eigenvalue weighted by molar-refractivity contribution is 5.69. The maximum absolute atomic E-state index is 12.5. The first-order valence-electron chi connectivity index (χ1n) is 17.3. The third kappa shape index (κ3) is 32.2. The number of carbonyl (C=O) groups excluding carboxylic acids is 1. The van der Waals surface area contributed by atoms with Gasteiger partial charge in [-0.2, -0.15) is 0 Å². The first-order chi connectivity index (χ1) is 20.6. The van der Waals surface area contributed by atoms with Crippen LogP contribution >= 0.6 is 0 Å². The molecule has 0 radical (unpaired) electrons. The van der Waals surface area contributed by atoms with E-state index in [1.165, 1.54) is 57.8 Å². The van der Waals surface area contributed by atoms with Crippen LogP contribution in [0, 0.1) is 0 Å². The van der Waals surface area contributed by atoms with Crippen molar-refractivity contribution < 1.29 is 19.4 Å². The summed E-state index contributed by atoms with van der Waals surface area (Å²) in [6.45, 7) is 4.40. The monoisotopic (exact) mass is 584 g/mol. The molecule has 0 aromatic heterocycles. The van der Waals surface area contributed by atoms with Gasteiger partial charge in [0.2, 0.25) is 0 Å². The molecule has 0 heterocycles. The van der Waals surface area contributed by atoms with Crippen molar-refractivity contribution in [3.63, 3.8) is 0 Å². The van der Waals surface area contributed by atoms with Crippen LogP contribution in [0.1, 0.15) is 162 Å². The molecule has 4 nitrogen and oxygen atoms in total. The van der Waals surface area contributed by atoms with Crippen LogP contribution in [0.3, 0.4) is 0 Å². The van der Waals surface area contributed by atoms with Crippen molar-refractivity contribution in [2.75, 3.05) is 0 Å². The summed E-state index contributed by atoms with van der Waals surface area (Å²) in [6.07, 6.45) is 45.2. The minimum Gasteiger partial charge on any atom is -0.481 e. The molecule has 0 aliphatic carbocycles. The number of carbonyl (C=O) groups is 2. The van der Waals surface area contributed by atoms with Gasteiger partial charge in [0.15, 0.2) is 0 Å². The fraction of sp³-hybridized carbons (Fsp3) is 0.684. The molecule has 0 rings (SSSR count). The molecule has 0 aromatic rings. The molecule has 240 valence electrons. The van der Waals surface area contributed by atoms with E-state index in [0.29, 0.717) is 6.42 Å². The fourth-order valence-electron chi connectivity index (χ4n) is 4.67. The number of hydrogen-bond acceptors (Lipinski definition) is 3. The quantitative estimate of drug-likeness (QED) is 0.0518. The third-order valence-electron chi connectivity index (χ3n) is 7.21. The second-order valence-corrected chi connectivity index (χ2v) is 11.3. The SMILES string of the molecule is CC/C=C\C/C=C\C/C=C\C/C=C\C(CCCCCCCC(=O)O)OC(=O)CCCCCCC/C=C\CCCCCC. The van der Waals surface area contributed by atoms with Crippen LogP contribution in [0.4, 0.5) is 0 Å². The normalized spacial score (nSPS) is 13.0. The van der Waals surface area contributed by atoms with Gasteiger partial charge in [-0.3, -0.25) is 9.59 Å². The summed E-state index contributed by atoms with van der Waals surface area (Å²) < 4.78 is 5.85. The molecular formula is C38H64O4. The van der Waals surface area contributed by atoms with Crippen molar-refractivity contribution >= 4 is 11.9 Å². The van der Waals surface area contributed by atoms with E-state index < -0.39 is 5.97 Å². The van der Waals surface area contributed by atoms with E-state index in [1.807, 2.05) is 0 Å². The van der Waals surface area contributed by atoms with Gasteiger partial charge in [0.25, 0.3) is 0 Å². The molecule has 0 bridgehead atoms. The second-order valence-electron chi connectivity index (χ2n) is 11.3. The maximum Gasteiger partial charge on any atom is 0.306 e. The zero-order valence-electron chi connectivity index (χ0n) is 27.3. The molecular weight excluding hydrogens is 520 g/mol. The molecule has 0 aliphatic heterocycles. The summed E-state index contributed by atoms with van der Waals surface area (Å²) in [7, 11) is 0. The van der Waals surface area contributed by atoms with E-state index in [9.17, 15) is 9.59 Å². The molecule has 0 aliphatic rings. The van der Waals surface area contributed by atoms with Gasteiger partial charge in [0.1, 0.15) is 6.10 Å². The van der Waals surface area contributed by atoms with Crippen LogP contribution in [0.2, 0.25) is 0 Å². The summed E-state index contributed by atoms with van der Waals surface area (Å²) in [5, 5.41) is 8.78. The molecule has 1 N–H and O–H groups in total. The predicted octanol–water partition coefficient (Wildman–Crippen LogP) is 11.8. The summed E-state index contributed by atoms with van der Waals surface area (Å²) in [5.41, 5.74) is 0. The lowest BCUT2D eigenvalue weighted by Crippen LogP contribution is -2.16. The van der Waals surface area contributed by atoms with Crippen molar-refractivity contribution in [1.29, 1.82) is 0 Å². The number of esters is 1. The topological polar surface area (TPSA) is 63.6 Å². The van der Waals surface area contributed by atoms with Crippen LogP contribution in [-0.2, 0) is 14.3 Å². The van der Waals surface area contributed by atoms with E-state index in [0.717, 1.165) is 77.0 Å². The van der Waals surface area contributed by atoms with Crippen LogP contribution in [-0.4, -0.2) is 23.1 Å². The van der Waals surface area contributed by atoms with Gasteiger partial charge in [-0.1, -0.05) is 126 Å². The number of rotatable bonds is 30. The third-order valence-corrected chi connectivity index (χ3v) is 7.21. The van der Waals surface area contributed by atoms with E-state index in [-0.39, 0.29) is 18.5 Å². The summed E-state index contributed by atoms with van der Waals surface area (Å²) in [6, 6.07) is 0. The summed E-state index contributed by atoms with van der Waals surface area (Å²) >= 11 is 0. The van der Waals surface area contributed by atoms with Crippen LogP contribution in [0.15, 0.2) is 60.8 Å². The molecule has 0 spiro atoms. The van der Waals surface area contributed by atoms with Gasteiger partial charge < -0.3 is 9.84 Å². The number of carboxylic acids is 1. The van der Waals surface area contributed by atoms with Crippen molar-refractivity contribution in [3.8, 4) is 0 Å². The standard InChI is InChI=1S/C38H64O4/c1-3-5-7-9-11-13-15-16-18-20-22-27-31-35-38(41)42-36(33-29-25-23-26-30-34-37(39)40)32-28-24-21-19-17-14-12-10-8-6-4-2/h6,8,12-15,19,21,28,32,36H,3-5,7,9-11,16-18,20,22-27,29-31,33-35H2,1-2H3,(H,39,40)/b8-6-,14-12-,15-13-,21-19-,32-28-. The Morgan fingerprint density at radius 2 is 1.07 bits per heavy atom. The zero-order valence-corrected chi connectivity index (χ0v) is 27.3. The number of carboxylic acid groups (broad SMARTS) is 1. The lowest BCUT2D eigenvalue weighted by Gasteiger charge is -2.14. The molecule has 1 atom stereocenters. The van der Waals surface area contributed by atoms with Crippen molar-refractivity contribution in [1.82, 2.24) is 0 Å². The predicted molar refractivity (Wildman–Crippen MR) is 181 cm³/mol. The highest BCUT2D eigenvalue weighted by Gasteiger charge is 2.11. The fourth-order valence-corrected chi connectivity index (χ4v) is 4.67. The zero-order chi connectivity index (χ0) is 30.8. The lowest BCUT2D eigenvalue weighted by atomic mass is 10.1. The Labute approximate surface area is 259 Å². The minimum absolute atomic E-state index is 0.0880. The Hall–Kier alpha value is -2.36. The summed E-state index contributed by atoms with van der Waals surface area (Å²) in [5.74, 6) is -0.808. The van der Waals surface area contributed by atoms with Crippen molar-refractivity contribution in [3.05, 3.63) is 60.8 Å². The highest BCUT2D eigenvalue weighted by Crippen LogP contribution is 2.15. The second kappa shape index (κ2) is 33.1. The molecule has 0 aromatic carbocycles. The number of ether oxygens (including phenoxy) is 1. The van der Waals surface area contributed by atoms with E-state index >= 15 is 0 Å².